The highest BCUT2D eigenvalue weighted by molar-refractivity contribution is 5.94. The van der Waals surface area contributed by atoms with E-state index in [1.165, 1.54) is 49.9 Å². The Labute approximate surface area is 148 Å². The summed E-state index contributed by atoms with van der Waals surface area (Å²) >= 11 is 0. The molecule has 1 aromatic rings. The number of benzene rings is 1. The first-order valence-corrected chi connectivity index (χ1v) is 9.49. The number of hydrogen-bond acceptors (Lipinski definition) is 2. The van der Waals surface area contributed by atoms with Crippen LogP contribution < -0.4 is 5.32 Å². The lowest BCUT2D eigenvalue weighted by Crippen LogP contribution is -2.47. The van der Waals surface area contributed by atoms with Crippen LogP contribution in [0, 0.1) is 11.7 Å². The summed E-state index contributed by atoms with van der Waals surface area (Å²) in [7, 11) is 0. The molecule has 2 aliphatic rings. The first-order chi connectivity index (χ1) is 12.1. The number of carbonyl (C=O) groups is 2. The van der Waals surface area contributed by atoms with Crippen molar-refractivity contribution < 1.29 is 14.0 Å². The standard InChI is InChI=1S/C20H27FN2O2/c21-17-11-9-15(10-12-17)20(25)23-13-5-6-16(14-23)19(24)22-18-7-3-1-2-4-8-18/h9-12,16,18H,1-8,13-14H2,(H,22,24)/t16-/m1/s1. The second-order valence-electron chi connectivity index (χ2n) is 7.29. The Bertz CT molecular complexity index is 594. The monoisotopic (exact) mass is 346 g/mol. The maximum Gasteiger partial charge on any atom is 0.253 e. The lowest BCUT2D eigenvalue weighted by atomic mass is 9.95. The van der Waals surface area contributed by atoms with Crippen LogP contribution >= 0.6 is 0 Å². The van der Waals surface area contributed by atoms with Gasteiger partial charge in [0.1, 0.15) is 5.82 Å². The fourth-order valence-corrected chi connectivity index (χ4v) is 3.89. The summed E-state index contributed by atoms with van der Waals surface area (Å²) in [5.41, 5.74) is 0.478. The van der Waals surface area contributed by atoms with E-state index >= 15 is 0 Å². The summed E-state index contributed by atoms with van der Waals surface area (Å²) in [6, 6.07) is 5.90. The van der Waals surface area contributed by atoms with E-state index in [0.29, 0.717) is 18.7 Å². The van der Waals surface area contributed by atoms with Gasteiger partial charge in [-0.2, -0.15) is 0 Å². The minimum atomic E-state index is -0.351. The molecule has 2 fully saturated rings. The molecule has 4 nitrogen and oxygen atoms in total. The molecule has 0 unspecified atom stereocenters. The average Bonchev–Trinajstić information content (AvgIpc) is 2.90. The molecule has 0 spiro atoms. The summed E-state index contributed by atoms with van der Waals surface area (Å²) in [5, 5.41) is 3.21. The average molecular weight is 346 g/mol. The summed E-state index contributed by atoms with van der Waals surface area (Å²) in [6.07, 6.45) is 8.68. The number of likely N-dealkylation sites (tertiary alicyclic amines) is 1. The van der Waals surface area contributed by atoms with Crippen LogP contribution in [0.1, 0.15) is 61.7 Å². The molecule has 2 amide bonds. The Hall–Kier alpha value is -1.91. The molecule has 1 aliphatic heterocycles. The van der Waals surface area contributed by atoms with Gasteiger partial charge in [0.15, 0.2) is 0 Å². The first kappa shape index (κ1) is 17.9. The van der Waals surface area contributed by atoms with Crippen LogP contribution in [0.4, 0.5) is 4.39 Å². The zero-order valence-electron chi connectivity index (χ0n) is 14.7. The number of amides is 2. The molecule has 136 valence electrons. The number of nitrogens with one attached hydrogen (secondary N) is 1. The van der Waals surface area contributed by atoms with Gasteiger partial charge in [-0.1, -0.05) is 25.7 Å². The molecule has 1 aliphatic carbocycles. The van der Waals surface area contributed by atoms with Crippen molar-refractivity contribution in [3.05, 3.63) is 35.6 Å². The molecule has 25 heavy (non-hydrogen) atoms. The van der Waals surface area contributed by atoms with E-state index in [1.807, 2.05) is 0 Å². The van der Waals surface area contributed by atoms with Crippen LogP contribution in [0.2, 0.25) is 0 Å². The zero-order valence-corrected chi connectivity index (χ0v) is 14.7. The normalized spacial score (nSPS) is 22.3. The van der Waals surface area contributed by atoms with Crippen LogP contribution in [-0.4, -0.2) is 35.8 Å². The van der Waals surface area contributed by atoms with Gasteiger partial charge in [-0.3, -0.25) is 9.59 Å². The fourth-order valence-electron chi connectivity index (χ4n) is 3.89. The van der Waals surface area contributed by atoms with Crippen LogP contribution in [0.3, 0.4) is 0 Å². The van der Waals surface area contributed by atoms with E-state index in [4.69, 9.17) is 0 Å². The molecule has 1 heterocycles. The number of piperidine rings is 1. The second-order valence-corrected chi connectivity index (χ2v) is 7.29. The number of hydrogen-bond donors (Lipinski definition) is 1. The molecular weight excluding hydrogens is 319 g/mol. The molecule has 0 radical (unpaired) electrons. The van der Waals surface area contributed by atoms with E-state index in [9.17, 15) is 14.0 Å². The van der Waals surface area contributed by atoms with Gasteiger partial charge in [0.25, 0.3) is 5.91 Å². The molecule has 3 rings (SSSR count). The summed E-state index contributed by atoms with van der Waals surface area (Å²) in [6.45, 7) is 1.11. The molecular formula is C20H27FN2O2. The smallest absolute Gasteiger partial charge is 0.253 e. The van der Waals surface area contributed by atoms with Gasteiger partial charge in [-0.05, 0) is 49.9 Å². The van der Waals surface area contributed by atoms with Gasteiger partial charge in [-0.25, -0.2) is 4.39 Å². The van der Waals surface area contributed by atoms with Crippen molar-refractivity contribution in [2.45, 2.75) is 57.4 Å². The van der Waals surface area contributed by atoms with Crippen LogP contribution in [-0.2, 0) is 4.79 Å². The fraction of sp³-hybridized carbons (Fsp3) is 0.600. The van der Waals surface area contributed by atoms with Crippen molar-refractivity contribution in [2.24, 2.45) is 5.92 Å². The van der Waals surface area contributed by atoms with Crippen molar-refractivity contribution in [2.75, 3.05) is 13.1 Å². The Morgan fingerprint density at radius 3 is 2.32 bits per heavy atom. The van der Waals surface area contributed by atoms with Crippen LogP contribution in [0.5, 0.6) is 0 Å². The second kappa shape index (κ2) is 8.45. The SMILES string of the molecule is O=C(NC1CCCCCC1)[C@@H]1CCCN(C(=O)c2ccc(F)cc2)C1. The molecule has 0 bridgehead atoms. The largest absolute Gasteiger partial charge is 0.353 e. The third-order valence-electron chi connectivity index (χ3n) is 5.37. The van der Waals surface area contributed by atoms with E-state index in [2.05, 4.69) is 5.32 Å². The van der Waals surface area contributed by atoms with Crippen LogP contribution in [0.15, 0.2) is 24.3 Å². The molecule has 0 aromatic heterocycles. The van der Waals surface area contributed by atoms with Crippen molar-refractivity contribution in [1.82, 2.24) is 10.2 Å². The van der Waals surface area contributed by atoms with Crippen molar-refractivity contribution in [3.63, 3.8) is 0 Å². The number of carbonyl (C=O) groups excluding carboxylic acids is 2. The van der Waals surface area contributed by atoms with E-state index in [-0.39, 0.29) is 29.6 Å². The lowest BCUT2D eigenvalue weighted by Gasteiger charge is -2.33. The zero-order chi connectivity index (χ0) is 17.6. The van der Waals surface area contributed by atoms with Gasteiger partial charge < -0.3 is 10.2 Å². The van der Waals surface area contributed by atoms with Crippen molar-refractivity contribution >= 4 is 11.8 Å². The summed E-state index contributed by atoms with van der Waals surface area (Å²) < 4.78 is 13.0. The van der Waals surface area contributed by atoms with Gasteiger partial charge in [-0.15, -0.1) is 0 Å². The highest BCUT2D eigenvalue weighted by Crippen LogP contribution is 2.21. The topological polar surface area (TPSA) is 49.4 Å². The first-order valence-electron chi connectivity index (χ1n) is 9.49. The number of halogens is 1. The van der Waals surface area contributed by atoms with E-state index in [1.54, 1.807) is 4.90 Å². The van der Waals surface area contributed by atoms with E-state index < -0.39 is 0 Å². The maximum absolute atomic E-state index is 13.0. The maximum atomic E-state index is 13.0. The summed E-state index contributed by atoms with van der Waals surface area (Å²) in [4.78, 5) is 26.9. The minimum absolute atomic E-state index is 0.0866. The molecule has 1 saturated heterocycles. The molecule has 1 aromatic carbocycles. The lowest BCUT2D eigenvalue weighted by molar-refractivity contribution is -0.127. The van der Waals surface area contributed by atoms with Crippen molar-refractivity contribution in [3.8, 4) is 0 Å². The van der Waals surface area contributed by atoms with Gasteiger partial charge >= 0.3 is 0 Å². The number of nitrogens with zero attached hydrogens (tertiary/aromatic N) is 1. The molecule has 1 N–H and O–H groups in total. The predicted molar refractivity (Wildman–Crippen MR) is 94.7 cm³/mol. The Kier molecular flexibility index (Phi) is 6.05. The summed E-state index contributed by atoms with van der Waals surface area (Å²) in [5.74, 6) is -0.521. The van der Waals surface area contributed by atoms with Gasteiger partial charge in [0.2, 0.25) is 5.91 Å². The highest BCUT2D eigenvalue weighted by Gasteiger charge is 2.30. The van der Waals surface area contributed by atoms with E-state index in [0.717, 1.165) is 25.7 Å². The molecule has 5 heteroatoms. The predicted octanol–water partition coefficient (Wildman–Crippen LogP) is 3.52. The third kappa shape index (κ3) is 4.80. The molecule has 1 saturated carbocycles. The van der Waals surface area contributed by atoms with Crippen molar-refractivity contribution in [1.29, 1.82) is 0 Å². The third-order valence-corrected chi connectivity index (χ3v) is 5.37. The highest BCUT2D eigenvalue weighted by atomic mass is 19.1. The van der Waals surface area contributed by atoms with Crippen LogP contribution in [0.25, 0.3) is 0 Å². The molecule has 1 atom stereocenters. The van der Waals surface area contributed by atoms with Gasteiger partial charge in [0, 0.05) is 24.7 Å². The van der Waals surface area contributed by atoms with Gasteiger partial charge in [0.05, 0.1) is 5.92 Å². The Balaban J connectivity index is 1.57. The minimum Gasteiger partial charge on any atom is -0.353 e. The quantitative estimate of drug-likeness (QED) is 0.852. The Morgan fingerprint density at radius 1 is 0.960 bits per heavy atom. The number of rotatable bonds is 3. The Morgan fingerprint density at radius 2 is 1.64 bits per heavy atom.